The van der Waals surface area contributed by atoms with Crippen LogP contribution in [0.25, 0.3) is 11.0 Å². The summed E-state index contributed by atoms with van der Waals surface area (Å²) < 4.78 is 1.96. The Morgan fingerprint density at radius 2 is 2.11 bits per heavy atom. The molecule has 3 aromatic rings. The molecule has 5 nitrogen and oxygen atoms in total. The molecule has 0 bridgehead atoms. The molecular weight excluding hydrogens is 226 g/mol. The van der Waals surface area contributed by atoms with Crippen molar-refractivity contribution in [3.05, 3.63) is 42.9 Å². The van der Waals surface area contributed by atoms with E-state index >= 15 is 0 Å². The number of anilines is 3. The van der Waals surface area contributed by atoms with Crippen molar-refractivity contribution in [1.29, 1.82) is 0 Å². The minimum Gasteiger partial charge on any atom is -0.399 e. The molecular formula is C13H13N5. The smallest absolute Gasteiger partial charge is 0.158 e. The standard InChI is InChI=1S/C13H13N5/c1-18-8-16-12-11(18)5-6-15-13(12)17-10-4-2-3-9(14)7-10/h2-8H,14H2,1H3,(H,15,17). The number of aryl methyl sites for hydroxylation is 1. The van der Waals surface area contributed by atoms with Crippen molar-refractivity contribution in [3.63, 3.8) is 0 Å². The predicted octanol–water partition coefficient (Wildman–Crippen LogP) is 2.29. The highest BCUT2D eigenvalue weighted by Gasteiger charge is 2.06. The van der Waals surface area contributed by atoms with Gasteiger partial charge in [-0.25, -0.2) is 9.97 Å². The van der Waals surface area contributed by atoms with Crippen molar-refractivity contribution in [2.24, 2.45) is 7.05 Å². The van der Waals surface area contributed by atoms with E-state index in [1.165, 1.54) is 0 Å². The first-order valence-corrected chi connectivity index (χ1v) is 5.62. The second-order valence-corrected chi connectivity index (χ2v) is 4.13. The van der Waals surface area contributed by atoms with Crippen LogP contribution in [0.5, 0.6) is 0 Å². The topological polar surface area (TPSA) is 68.8 Å². The molecule has 0 aliphatic heterocycles. The fourth-order valence-electron chi connectivity index (χ4n) is 1.91. The molecule has 0 spiro atoms. The quantitative estimate of drug-likeness (QED) is 0.673. The highest BCUT2D eigenvalue weighted by molar-refractivity contribution is 5.87. The van der Waals surface area contributed by atoms with Crippen molar-refractivity contribution in [2.75, 3.05) is 11.1 Å². The van der Waals surface area contributed by atoms with E-state index in [0.717, 1.165) is 22.5 Å². The van der Waals surface area contributed by atoms with Gasteiger partial charge in [0.05, 0.1) is 11.8 Å². The Morgan fingerprint density at radius 3 is 2.94 bits per heavy atom. The third-order valence-electron chi connectivity index (χ3n) is 2.79. The van der Waals surface area contributed by atoms with E-state index < -0.39 is 0 Å². The van der Waals surface area contributed by atoms with E-state index in [1.807, 2.05) is 41.9 Å². The van der Waals surface area contributed by atoms with Gasteiger partial charge in [0, 0.05) is 24.6 Å². The Kier molecular flexibility index (Phi) is 2.37. The lowest BCUT2D eigenvalue weighted by Crippen LogP contribution is -1.96. The summed E-state index contributed by atoms with van der Waals surface area (Å²) in [6.07, 6.45) is 3.54. The molecule has 0 aliphatic rings. The van der Waals surface area contributed by atoms with E-state index in [0.29, 0.717) is 5.69 Å². The van der Waals surface area contributed by atoms with Gasteiger partial charge < -0.3 is 15.6 Å². The van der Waals surface area contributed by atoms with Gasteiger partial charge in [-0.15, -0.1) is 0 Å². The minimum absolute atomic E-state index is 0.716. The molecule has 90 valence electrons. The Bertz CT molecular complexity index is 701. The van der Waals surface area contributed by atoms with Crippen LogP contribution in [0.4, 0.5) is 17.2 Å². The number of fused-ring (bicyclic) bond motifs is 1. The van der Waals surface area contributed by atoms with E-state index in [4.69, 9.17) is 5.73 Å². The number of nitrogens with two attached hydrogens (primary N) is 1. The number of pyridine rings is 1. The van der Waals surface area contributed by atoms with Crippen LogP contribution in [-0.4, -0.2) is 14.5 Å². The van der Waals surface area contributed by atoms with Crippen LogP contribution in [0.15, 0.2) is 42.9 Å². The van der Waals surface area contributed by atoms with E-state index in [9.17, 15) is 0 Å². The summed E-state index contributed by atoms with van der Waals surface area (Å²) in [7, 11) is 1.96. The average Bonchev–Trinajstić information content (AvgIpc) is 2.73. The number of rotatable bonds is 2. The number of hydrogen-bond donors (Lipinski definition) is 2. The van der Waals surface area contributed by atoms with Gasteiger partial charge >= 0.3 is 0 Å². The molecule has 0 atom stereocenters. The maximum atomic E-state index is 5.75. The molecule has 2 aromatic heterocycles. The zero-order valence-electron chi connectivity index (χ0n) is 9.96. The lowest BCUT2D eigenvalue weighted by Gasteiger charge is -2.06. The number of nitrogen functional groups attached to an aromatic ring is 1. The molecule has 0 unspecified atom stereocenters. The van der Waals surface area contributed by atoms with Gasteiger partial charge in [0.2, 0.25) is 0 Å². The van der Waals surface area contributed by atoms with Crippen LogP contribution in [0.2, 0.25) is 0 Å². The van der Waals surface area contributed by atoms with Crippen LogP contribution in [-0.2, 0) is 7.05 Å². The number of benzene rings is 1. The van der Waals surface area contributed by atoms with Crippen LogP contribution in [0.1, 0.15) is 0 Å². The second-order valence-electron chi connectivity index (χ2n) is 4.13. The number of nitrogens with one attached hydrogen (secondary N) is 1. The molecule has 2 heterocycles. The second kappa shape index (κ2) is 4.03. The van der Waals surface area contributed by atoms with E-state index in [-0.39, 0.29) is 0 Å². The summed E-state index contributed by atoms with van der Waals surface area (Å²) in [6.45, 7) is 0. The van der Waals surface area contributed by atoms with Crippen LogP contribution in [0, 0.1) is 0 Å². The molecule has 0 fully saturated rings. The predicted molar refractivity (Wildman–Crippen MR) is 72.6 cm³/mol. The zero-order chi connectivity index (χ0) is 12.5. The Labute approximate surface area is 104 Å². The normalized spacial score (nSPS) is 10.7. The average molecular weight is 239 g/mol. The molecule has 5 heteroatoms. The maximum Gasteiger partial charge on any atom is 0.158 e. The molecule has 3 N–H and O–H groups in total. The van der Waals surface area contributed by atoms with Crippen molar-refractivity contribution in [1.82, 2.24) is 14.5 Å². The first-order valence-electron chi connectivity index (χ1n) is 5.62. The van der Waals surface area contributed by atoms with Gasteiger partial charge in [-0.1, -0.05) is 6.07 Å². The van der Waals surface area contributed by atoms with Crippen molar-refractivity contribution in [3.8, 4) is 0 Å². The molecule has 1 aromatic carbocycles. The van der Waals surface area contributed by atoms with E-state index in [2.05, 4.69) is 15.3 Å². The summed E-state index contributed by atoms with van der Waals surface area (Å²) in [4.78, 5) is 8.66. The molecule has 0 aliphatic carbocycles. The van der Waals surface area contributed by atoms with Crippen molar-refractivity contribution < 1.29 is 0 Å². The highest BCUT2D eigenvalue weighted by Crippen LogP contribution is 2.23. The van der Waals surface area contributed by atoms with Crippen LogP contribution < -0.4 is 11.1 Å². The summed E-state index contributed by atoms with van der Waals surface area (Å²) in [6, 6.07) is 9.49. The van der Waals surface area contributed by atoms with Gasteiger partial charge in [0.25, 0.3) is 0 Å². The molecule has 0 amide bonds. The summed E-state index contributed by atoms with van der Waals surface area (Å²) in [5, 5.41) is 3.23. The molecule has 0 saturated heterocycles. The Hall–Kier alpha value is -2.56. The maximum absolute atomic E-state index is 5.75. The molecule has 18 heavy (non-hydrogen) atoms. The summed E-state index contributed by atoms with van der Waals surface area (Å²) >= 11 is 0. The van der Waals surface area contributed by atoms with Crippen LogP contribution >= 0.6 is 0 Å². The monoisotopic (exact) mass is 239 g/mol. The van der Waals surface area contributed by atoms with Gasteiger partial charge in [0.1, 0.15) is 5.52 Å². The number of imidazole rings is 1. The largest absolute Gasteiger partial charge is 0.399 e. The third-order valence-corrected chi connectivity index (χ3v) is 2.79. The minimum atomic E-state index is 0.716. The van der Waals surface area contributed by atoms with Gasteiger partial charge in [-0.05, 0) is 24.3 Å². The summed E-state index contributed by atoms with van der Waals surface area (Å²) in [5.41, 5.74) is 9.26. The fourth-order valence-corrected chi connectivity index (χ4v) is 1.91. The Balaban J connectivity index is 2.05. The Morgan fingerprint density at radius 1 is 1.22 bits per heavy atom. The van der Waals surface area contributed by atoms with E-state index in [1.54, 1.807) is 12.5 Å². The number of hydrogen-bond acceptors (Lipinski definition) is 4. The lowest BCUT2D eigenvalue weighted by atomic mass is 10.3. The number of nitrogens with zero attached hydrogens (tertiary/aromatic N) is 3. The van der Waals surface area contributed by atoms with Gasteiger partial charge in [0.15, 0.2) is 5.82 Å². The van der Waals surface area contributed by atoms with Crippen molar-refractivity contribution in [2.45, 2.75) is 0 Å². The lowest BCUT2D eigenvalue weighted by molar-refractivity contribution is 0.947. The first-order chi connectivity index (χ1) is 8.74. The molecule has 0 saturated carbocycles. The number of aromatic nitrogens is 3. The SMILES string of the molecule is Cn1cnc2c(Nc3cccc(N)c3)nccc21. The highest BCUT2D eigenvalue weighted by atomic mass is 15.1. The van der Waals surface area contributed by atoms with Crippen LogP contribution in [0.3, 0.4) is 0 Å². The first kappa shape index (κ1) is 10.6. The molecule has 3 rings (SSSR count). The summed E-state index contributed by atoms with van der Waals surface area (Å²) in [5.74, 6) is 0.735. The molecule has 0 radical (unpaired) electrons. The van der Waals surface area contributed by atoms with Crippen molar-refractivity contribution >= 4 is 28.2 Å². The van der Waals surface area contributed by atoms with Gasteiger partial charge in [-0.2, -0.15) is 0 Å². The zero-order valence-corrected chi connectivity index (χ0v) is 9.96. The third kappa shape index (κ3) is 1.75. The fraction of sp³-hybridized carbons (Fsp3) is 0.0769. The van der Waals surface area contributed by atoms with Gasteiger partial charge in [-0.3, -0.25) is 0 Å².